The van der Waals surface area contributed by atoms with E-state index in [1.165, 1.54) is 0 Å². The molecule has 0 unspecified atom stereocenters. The van der Waals surface area contributed by atoms with Gasteiger partial charge in [-0.05, 0) is 32.3 Å². The predicted octanol–water partition coefficient (Wildman–Crippen LogP) is 2.83. The first-order valence-electron chi connectivity index (χ1n) is 8.29. The van der Waals surface area contributed by atoms with Crippen molar-refractivity contribution in [2.75, 3.05) is 27.2 Å². The number of nitrogens with one attached hydrogen (secondary N) is 1. The van der Waals surface area contributed by atoms with Crippen LogP contribution in [0.4, 0.5) is 0 Å². The number of rotatable bonds is 6. The van der Waals surface area contributed by atoms with Crippen LogP contribution in [-0.4, -0.2) is 47.8 Å². The first kappa shape index (κ1) is 16.9. The Morgan fingerprint density at radius 1 is 1.04 bits per heavy atom. The molecule has 0 saturated carbocycles. The molecule has 3 aromatic rings. The van der Waals surface area contributed by atoms with Gasteiger partial charge in [-0.3, -0.25) is 4.79 Å². The summed E-state index contributed by atoms with van der Waals surface area (Å²) in [6, 6.07) is 21.4. The summed E-state index contributed by atoms with van der Waals surface area (Å²) < 4.78 is 1.70. The van der Waals surface area contributed by atoms with Crippen molar-refractivity contribution in [2.45, 2.75) is 0 Å². The highest BCUT2D eigenvalue weighted by Crippen LogP contribution is 2.21. The Balaban J connectivity index is 1.95. The van der Waals surface area contributed by atoms with Gasteiger partial charge in [-0.1, -0.05) is 48.5 Å². The van der Waals surface area contributed by atoms with Gasteiger partial charge in [0.2, 0.25) is 0 Å². The molecule has 5 nitrogen and oxygen atoms in total. The molecule has 2 aromatic carbocycles. The van der Waals surface area contributed by atoms with Crippen LogP contribution < -0.4 is 5.32 Å². The topological polar surface area (TPSA) is 50.2 Å². The van der Waals surface area contributed by atoms with Crippen LogP contribution in [0, 0.1) is 0 Å². The smallest absolute Gasteiger partial charge is 0.270 e. The van der Waals surface area contributed by atoms with Crippen molar-refractivity contribution in [2.24, 2.45) is 0 Å². The maximum atomic E-state index is 12.7. The quantitative estimate of drug-likeness (QED) is 0.754. The zero-order valence-corrected chi connectivity index (χ0v) is 14.5. The van der Waals surface area contributed by atoms with E-state index in [2.05, 4.69) is 10.4 Å². The Morgan fingerprint density at radius 3 is 2.32 bits per heavy atom. The van der Waals surface area contributed by atoms with Crippen LogP contribution in [-0.2, 0) is 0 Å². The summed E-state index contributed by atoms with van der Waals surface area (Å²) in [7, 11) is 3.96. The van der Waals surface area contributed by atoms with E-state index in [0.29, 0.717) is 12.2 Å². The van der Waals surface area contributed by atoms with E-state index in [-0.39, 0.29) is 5.91 Å². The third-order valence-electron chi connectivity index (χ3n) is 3.86. The first-order chi connectivity index (χ1) is 12.1. The summed E-state index contributed by atoms with van der Waals surface area (Å²) >= 11 is 0. The molecule has 3 rings (SSSR count). The van der Waals surface area contributed by atoms with Gasteiger partial charge in [0, 0.05) is 18.7 Å². The van der Waals surface area contributed by atoms with Gasteiger partial charge in [0.05, 0.1) is 11.4 Å². The summed E-state index contributed by atoms with van der Waals surface area (Å²) in [5.41, 5.74) is 3.16. The molecule has 0 aliphatic carbocycles. The van der Waals surface area contributed by atoms with Crippen molar-refractivity contribution in [1.82, 2.24) is 20.0 Å². The van der Waals surface area contributed by atoms with Crippen molar-refractivity contribution in [3.8, 4) is 16.9 Å². The van der Waals surface area contributed by atoms with Crippen molar-refractivity contribution in [3.63, 3.8) is 0 Å². The van der Waals surface area contributed by atoms with E-state index < -0.39 is 0 Å². The molecule has 1 N–H and O–H groups in total. The van der Waals surface area contributed by atoms with Crippen LogP contribution in [0.1, 0.15) is 10.5 Å². The molecule has 0 saturated heterocycles. The van der Waals surface area contributed by atoms with E-state index >= 15 is 0 Å². The third kappa shape index (κ3) is 4.14. The van der Waals surface area contributed by atoms with Crippen LogP contribution in [0.2, 0.25) is 0 Å². The maximum absolute atomic E-state index is 12.7. The minimum absolute atomic E-state index is 0.125. The summed E-state index contributed by atoms with van der Waals surface area (Å²) in [5.74, 6) is -0.125. The Hall–Kier alpha value is -2.92. The molecule has 0 fully saturated rings. The zero-order valence-electron chi connectivity index (χ0n) is 14.5. The van der Waals surface area contributed by atoms with Gasteiger partial charge in [-0.2, -0.15) is 5.10 Å². The number of nitrogens with zero attached hydrogens (tertiary/aromatic N) is 3. The molecule has 0 bridgehead atoms. The van der Waals surface area contributed by atoms with Crippen LogP contribution in [0.25, 0.3) is 16.9 Å². The van der Waals surface area contributed by atoms with Crippen LogP contribution >= 0.6 is 0 Å². The van der Waals surface area contributed by atoms with E-state index in [9.17, 15) is 4.79 Å². The third-order valence-corrected chi connectivity index (χ3v) is 3.86. The van der Waals surface area contributed by atoms with Crippen molar-refractivity contribution >= 4 is 5.91 Å². The Morgan fingerprint density at radius 2 is 1.68 bits per heavy atom. The van der Waals surface area contributed by atoms with Crippen molar-refractivity contribution in [3.05, 3.63) is 72.4 Å². The Kier molecular flexibility index (Phi) is 5.26. The van der Waals surface area contributed by atoms with Gasteiger partial charge >= 0.3 is 0 Å². The summed E-state index contributed by atoms with van der Waals surface area (Å²) in [6.07, 6.45) is 0. The average Bonchev–Trinajstić information content (AvgIpc) is 3.08. The minimum Gasteiger partial charge on any atom is -0.349 e. The number of likely N-dealkylation sites (N-methyl/N-ethyl adjacent to an activating group) is 1. The number of hydrogen-bond acceptors (Lipinski definition) is 3. The highest BCUT2D eigenvalue weighted by atomic mass is 16.2. The van der Waals surface area contributed by atoms with Crippen LogP contribution in [0.15, 0.2) is 66.7 Å². The van der Waals surface area contributed by atoms with Crippen LogP contribution in [0.5, 0.6) is 0 Å². The summed E-state index contributed by atoms with van der Waals surface area (Å²) in [5, 5.41) is 7.62. The van der Waals surface area contributed by atoms with Crippen molar-refractivity contribution in [1.29, 1.82) is 0 Å². The fraction of sp³-hybridized carbons (Fsp3) is 0.200. The molecule has 25 heavy (non-hydrogen) atoms. The lowest BCUT2D eigenvalue weighted by molar-refractivity contribution is 0.0943. The number of carbonyl (C=O) groups is 1. The second-order valence-corrected chi connectivity index (χ2v) is 6.09. The van der Waals surface area contributed by atoms with Crippen molar-refractivity contribution < 1.29 is 4.79 Å². The molecule has 5 heteroatoms. The SMILES string of the molecule is CN(C)CCNC(=O)c1cc(-c2ccccc2)nn1-c1ccccc1. The average molecular weight is 334 g/mol. The minimum atomic E-state index is -0.125. The van der Waals surface area contributed by atoms with E-state index in [4.69, 9.17) is 0 Å². The Labute approximate surface area is 147 Å². The number of aromatic nitrogens is 2. The molecular formula is C20H22N4O. The van der Waals surface area contributed by atoms with Gasteiger partial charge in [-0.25, -0.2) is 4.68 Å². The lowest BCUT2D eigenvalue weighted by atomic mass is 10.1. The second kappa shape index (κ2) is 7.77. The maximum Gasteiger partial charge on any atom is 0.270 e. The summed E-state index contributed by atoms with van der Waals surface area (Å²) in [6.45, 7) is 1.38. The molecule has 1 amide bonds. The normalized spacial score (nSPS) is 10.8. The number of benzene rings is 2. The first-order valence-corrected chi connectivity index (χ1v) is 8.29. The van der Waals surface area contributed by atoms with Gasteiger partial charge in [0.25, 0.3) is 5.91 Å². The highest BCUT2D eigenvalue weighted by Gasteiger charge is 2.17. The van der Waals surface area contributed by atoms with E-state index in [1.54, 1.807) is 4.68 Å². The molecular weight excluding hydrogens is 312 g/mol. The van der Waals surface area contributed by atoms with E-state index in [0.717, 1.165) is 23.5 Å². The van der Waals surface area contributed by atoms with Gasteiger partial charge in [-0.15, -0.1) is 0 Å². The monoisotopic (exact) mass is 334 g/mol. The number of hydrogen-bond donors (Lipinski definition) is 1. The Bertz CT molecular complexity index is 825. The molecule has 0 atom stereocenters. The standard InChI is InChI=1S/C20H22N4O/c1-23(2)14-13-21-20(25)19-15-18(16-9-5-3-6-10-16)22-24(19)17-11-7-4-8-12-17/h3-12,15H,13-14H2,1-2H3,(H,21,25). The fourth-order valence-corrected chi connectivity index (χ4v) is 2.54. The highest BCUT2D eigenvalue weighted by molar-refractivity contribution is 5.94. The van der Waals surface area contributed by atoms with Gasteiger partial charge < -0.3 is 10.2 Å². The predicted molar refractivity (Wildman–Crippen MR) is 99.9 cm³/mol. The van der Waals surface area contributed by atoms with Gasteiger partial charge in [0.15, 0.2) is 0 Å². The van der Waals surface area contributed by atoms with E-state index in [1.807, 2.05) is 85.7 Å². The largest absolute Gasteiger partial charge is 0.349 e. The number of amides is 1. The number of carbonyl (C=O) groups excluding carboxylic acids is 1. The lowest BCUT2D eigenvalue weighted by Crippen LogP contribution is -2.32. The summed E-state index contributed by atoms with van der Waals surface area (Å²) in [4.78, 5) is 14.7. The molecule has 0 aliphatic rings. The van der Waals surface area contributed by atoms with Gasteiger partial charge in [0.1, 0.15) is 5.69 Å². The molecule has 1 aromatic heterocycles. The molecule has 0 aliphatic heterocycles. The number of para-hydroxylation sites is 1. The molecule has 0 radical (unpaired) electrons. The van der Waals surface area contributed by atoms with Crippen LogP contribution in [0.3, 0.4) is 0 Å². The molecule has 128 valence electrons. The zero-order chi connectivity index (χ0) is 17.6. The fourth-order valence-electron chi connectivity index (χ4n) is 2.54. The molecule has 1 heterocycles. The second-order valence-electron chi connectivity index (χ2n) is 6.09. The lowest BCUT2D eigenvalue weighted by Gasteiger charge is -2.11. The molecule has 0 spiro atoms.